The van der Waals surface area contributed by atoms with Crippen molar-refractivity contribution in [2.24, 2.45) is 5.92 Å². The molecular formula is C12H18O5S2. The van der Waals surface area contributed by atoms with E-state index in [-0.39, 0.29) is 10.9 Å². The molecule has 0 bridgehead atoms. The third-order valence-corrected chi connectivity index (χ3v) is 4.99. The van der Waals surface area contributed by atoms with E-state index in [9.17, 15) is 14.4 Å². The zero-order valence-corrected chi connectivity index (χ0v) is 12.6. The van der Waals surface area contributed by atoms with Gasteiger partial charge in [0.2, 0.25) is 6.10 Å². The molecule has 7 heteroatoms. The average Bonchev–Trinajstić information content (AvgIpc) is 3.14. The van der Waals surface area contributed by atoms with Gasteiger partial charge in [-0.2, -0.15) is 11.8 Å². The van der Waals surface area contributed by atoms with Crippen molar-refractivity contribution in [3.8, 4) is 0 Å². The van der Waals surface area contributed by atoms with Crippen molar-refractivity contribution in [3.63, 3.8) is 0 Å². The zero-order chi connectivity index (χ0) is 14.4. The molecule has 1 saturated carbocycles. The summed E-state index contributed by atoms with van der Waals surface area (Å²) in [5.74, 6) is -1.55. The number of carboxylic acids is 1. The lowest BCUT2D eigenvalue weighted by molar-refractivity contribution is -0.164. The molecule has 0 aromatic carbocycles. The van der Waals surface area contributed by atoms with Gasteiger partial charge in [0, 0.05) is 23.7 Å². The number of hydrogen-bond donors (Lipinski definition) is 1. The highest BCUT2D eigenvalue weighted by Gasteiger charge is 2.29. The number of carbonyl (C=O) groups excluding carboxylic acids is 2. The van der Waals surface area contributed by atoms with Gasteiger partial charge in [0.1, 0.15) is 0 Å². The van der Waals surface area contributed by atoms with Gasteiger partial charge in [-0.25, -0.2) is 4.79 Å². The second-order valence-corrected chi connectivity index (χ2v) is 7.03. The fourth-order valence-corrected chi connectivity index (χ4v) is 2.93. The Morgan fingerprint density at radius 2 is 1.95 bits per heavy atom. The molecule has 0 spiro atoms. The lowest BCUT2D eigenvalue weighted by Gasteiger charge is -2.16. The van der Waals surface area contributed by atoms with Crippen LogP contribution in [0.5, 0.6) is 0 Å². The van der Waals surface area contributed by atoms with Crippen LogP contribution < -0.4 is 0 Å². The molecule has 5 nitrogen and oxygen atoms in total. The van der Waals surface area contributed by atoms with Crippen molar-refractivity contribution in [2.75, 3.05) is 11.5 Å². The smallest absolute Gasteiger partial charge is 0.345 e. The first-order chi connectivity index (χ1) is 8.90. The van der Waals surface area contributed by atoms with Crippen LogP contribution in [0.1, 0.15) is 26.7 Å². The molecule has 1 aliphatic rings. The predicted octanol–water partition coefficient (Wildman–Crippen LogP) is 1.79. The van der Waals surface area contributed by atoms with E-state index in [4.69, 9.17) is 9.84 Å². The summed E-state index contributed by atoms with van der Waals surface area (Å²) in [4.78, 5) is 33.5. The summed E-state index contributed by atoms with van der Waals surface area (Å²) in [5, 5.41) is 9.45. The maximum absolute atomic E-state index is 11.7. The second kappa shape index (κ2) is 7.79. The van der Waals surface area contributed by atoms with Crippen molar-refractivity contribution in [2.45, 2.75) is 38.0 Å². The summed E-state index contributed by atoms with van der Waals surface area (Å²) in [6.07, 6.45) is 1.12. The minimum absolute atomic E-state index is 0.0706. The number of aliphatic carboxylic acids is 1. The zero-order valence-electron chi connectivity index (χ0n) is 11.0. The van der Waals surface area contributed by atoms with Crippen LogP contribution in [0, 0.1) is 5.92 Å². The number of hydrogen-bond acceptors (Lipinski definition) is 6. The van der Waals surface area contributed by atoms with Crippen molar-refractivity contribution >= 4 is 40.6 Å². The first-order valence-corrected chi connectivity index (χ1v) is 8.12. The van der Waals surface area contributed by atoms with Crippen LogP contribution in [0.4, 0.5) is 0 Å². The second-order valence-electron chi connectivity index (χ2n) is 4.50. The molecule has 0 aromatic heterocycles. The Kier molecular flexibility index (Phi) is 6.71. The third-order valence-electron chi connectivity index (χ3n) is 2.48. The van der Waals surface area contributed by atoms with Crippen LogP contribution in [0.25, 0.3) is 0 Å². The summed E-state index contributed by atoms with van der Waals surface area (Å²) in [7, 11) is 0. The van der Waals surface area contributed by atoms with E-state index in [0.717, 1.165) is 24.6 Å². The molecule has 1 aliphatic carbocycles. The Morgan fingerprint density at radius 1 is 1.32 bits per heavy atom. The van der Waals surface area contributed by atoms with E-state index < -0.39 is 24.0 Å². The van der Waals surface area contributed by atoms with E-state index in [1.807, 2.05) is 0 Å². The number of thioether (sulfide) groups is 2. The topological polar surface area (TPSA) is 80.7 Å². The van der Waals surface area contributed by atoms with E-state index in [0.29, 0.717) is 11.0 Å². The molecule has 0 amide bonds. The lowest BCUT2D eigenvalue weighted by Crippen LogP contribution is -2.32. The molecule has 0 aliphatic heterocycles. The molecule has 108 valence electrons. The maximum Gasteiger partial charge on any atom is 0.345 e. The Morgan fingerprint density at radius 3 is 2.42 bits per heavy atom. The van der Waals surface area contributed by atoms with Gasteiger partial charge in [-0.15, -0.1) is 0 Å². The number of carboxylic acid groups (broad SMARTS) is 1. The molecule has 1 N–H and O–H groups in total. The van der Waals surface area contributed by atoms with Gasteiger partial charge in [0.25, 0.3) is 0 Å². The SMILES string of the molecule is CC(=O)SC[C@H](C)C(=O)OC(CSC1CC1)C(=O)O. The lowest BCUT2D eigenvalue weighted by atomic mass is 10.2. The molecular weight excluding hydrogens is 288 g/mol. The predicted molar refractivity (Wildman–Crippen MR) is 75.3 cm³/mol. The van der Waals surface area contributed by atoms with Crippen molar-refractivity contribution < 1.29 is 24.2 Å². The molecule has 19 heavy (non-hydrogen) atoms. The Bertz CT molecular complexity index is 354. The van der Waals surface area contributed by atoms with Gasteiger partial charge in [-0.3, -0.25) is 9.59 Å². The molecule has 0 heterocycles. The molecule has 2 atom stereocenters. The molecule has 0 radical (unpaired) electrons. The fraction of sp³-hybridized carbons (Fsp3) is 0.750. The minimum atomic E-state index is -1.12. The highest BCUT2D eigenvalue weighted by Crippen LogP contribution is 2.34. The number of carbonyl (C=O) groups is 3. The molecule has 1 rings (SSSR count). The normalized spacial score (nSPS) is 17.6. The van der Waals surface area contributed by atoms with Crippen LogP contribution in [0.3, 0.4) is 0 Å². The van der Waals surface area contributed by atoms with Gasteiger partial charge in [0.15, 0.2) is 5.12 Å². The van der Waals surface area contributed by atoms with Gasteiger partial charge in [-0.1, -0.05) is 18.7 Å². The largest absolute Gasteiger partial charge is 0.478 e. The summed E-state index contributed by atoms with van der Waals surface area (Å²) in [5.41, 5.74) is 0. The van der Waals surface area contributed by atoms with Crippen LogP contribution in [0.15, 0.2) is 0 Å². The average molecular weight is 306 g/mol. The van der Waals surface area contributed by atoms with E-state index in [1.54, 1.807) is 6.92 Å². The molecule has 1 unspecified atom stereocenters. The summed E-state index contributed by atoms with van der Waals surface area (Å²) in [6, 6.07) is 0. The van der Waals surface area contributed by atoms with Crippen molar-refractivity contribution in [1.29, 1.82) is 0 Å². The highest BCUT2D eigenvalue weighted by molar-refractivity contribution is 8.13. The van der Waals surface area contributed by atoms with Crippen molar-refractivity contribution in [1.82, 2.24) is 0 Å². The van der Waals surface area contributed by atoms with Crippen LogP contribution in [0.2, 0.25) is 0 Å². The first-order valence-electron chi connectivity index (χ1n) is 6.08. The van der Waals surface area contributed by atoms with E-state index in [2.05, 4.69) is 0 Å². The number of ether oxygens (including phenoxy) is 1. The van der Waals surface area contributed by atoms with Gasteiger partial charge in [-0.05, 0) is 12.8 Å². The minimum Gasteiger partial charge on any atom is -0.478 e. The van der Waals surface area contributed by atoms with E-state index in [1.165, 1.54) is 18.7 Å². The highest BCUT2D eigenvalue weighted by atomic mass is 32.2. The monoisotopic (exact) mass is 306 g/mol. The Labute approximate surface area is 120 Å². The Hall–Kier alpha value is -0.690. The maximum atomic E-state index is 11.7. The van der Waals surface area contributed by atoms with Gasteiger partial charge >= 0.3 is 11.9 Å². The number of esters is 1. The van der Waals surface area contributed by atoms with Crippen molar-refractivity contribution in [3.05, 3.63) is 0 Å². The van der Waals surface area contributed by atoms with Crippen LogP contribution in [-0.2, 0) is 19.1 Å². The standard InChI is InChI=1S/C12H18O5S2/c1-7(5-18-8(2)13)12(16)17-10(11(14)15)6-19-9-3-4-9/h7,9-10H,3-6H2,1-2H3,(H,14,15)/t7-,10?/m0/s1. The molecule has 0 saturated heterocycles. The fourth-order valence-electron chi connectivity index (χ4n) is 1.18. The number of rotatable bonds is 8. The summed E-state index contributed by atoms with van der Waals surface area (Å²) in [6.45, 7) is 3.06. The van der Waals surface area contributed by atoms with Gasteiger partial charge in [0.05, 0.1) is 5.92 Å². The molecule has 0 aromatic rings. The molecule has 1 fully saturated rings. The Balaban J connectivity index is 2.35. The summed E-state index contributed by atoms with van der Waals surface area (Å²) < 4.78 is 5.00. The van der Waals surface area contributed by atoms with E-state index >= 15 is 0 Å². The first kappa shape index (κ1) is 16.4. The third kappa shape index (κ3) is 6.87. The quantitative estimate of drug-likeness (QED) is 0.685. The summed E-state index contributed by atoms with van der Waals surface area (Å²) >= 11 is 2.57. The van der Waals surface area contributed by atoms with Gasteiger partial charge < -0.3 is 9.84 Å². The van der Waals surface area contributed by atoms with Crippen LogP contribution in [-0.4, -0.2) is 45.0 Å². The van der Waals surface area contributed by atoms with Crippen LogP contribution >= 0.6 is 23.5 Å².